The standard InChI is InChI=1S/C13H21N3O/c1-10-9-11(2)15-12(14-10)13(3)5-4-6-16(13)7-8-17/h9,17H,4-8H2,1-3H3/t13-/m1/s1. The smallest absolute Gasteiger partial charge is 0.148 e. The van der Waals surface area contributed by atoms with E-state index < -0.39 is 0 Å². The lowest BCUT2D eigenvalue weighted by Crippen LogP contribution is -2.41. The molecule has 1 aromatic heterocycles. The van der Waals surface area contributed by atoms with Crippen molar-refractivity contribution in [3.05, 3.63) is 23.3 Å². The van der Waals surface area contributed by atoms with E-state index in [1.165, 1.54) is 0 Å². The number of aliphatic hydroxyl groups is 1. The minimum Gasteiger partial charge on any atom is -0.395 e. The van der Waals surface area contributed by atoms with Crippen molar-refractivity contribution >= 4 is 0 Å². The van der Waals surface area contributed by atoms with E-state index in [4.69, 9.17) is 5.11 Å². The minimum atomic E-state index is -0.112. The Kier molecular flexibility index (Phi) is 3.45. The van der Waals surface area contributed by atoms with Crippen LogP contribution in [0.1, 0.15) is 37.0 Å². The molecular formula is C13H21N3O. The van der Waals surface area contributed by atoms with Crippen LogP contribution in [0.15, 0.2) is 6.07 Å². The highest BCUT2D eigenvalue weighted by Crippen LogP contribution is 2.36. The van der Waals surface area contributed by atoms with Crippen molar-refractivity contribution in [1.29, 1.82) is 0 Å². The van der Waals surface area contributed by atoms with Gasteiger partial charge in [0.15, 0.2) is 0 Å². The maximum atomic E-state index is 9.13. The first-order chi connectivity index (χ1) is 8.06. The number of hydrogen-bond donors (Lipinski definition) is 1. The summed E-state index contributed by atoms with van der Waals surface area (Å²) in [6.45, 7) is 8.12. The van der Waals surface area contributed by atoms with Crippen LogP contribution in [0, 0.1) is 13.8 Å². The maximum Gasteiger partial charge on any atom is 0.148 e. The fraction of sp³-hybridized carbons (Fsp3) is 0.692. The first kappa shape index (κ1) is 12.5. The van der Waals surface area contributed by atoms with Gasteiger partial charge in [-0.3, -0.25) is 4.90 Å². The van der Waals surface area contributed by atoms with E-state index >= 15 is 0 Å². The number of rotatable bonds is 3. The van der Waals surface area contributed by atoms with Crippen LogP contribution in [0.3, 0.4) is 0 Å². The van der Waals surface area contributed by atoms with Crippen LogP contribution in [0.2, 0.25) is 0 Å². The molecule has 0 aromatic carbocycles. The molecule has 0 spiro atoms. The van der Waals surface area contributed by atoms with Gasteiger partial charge < -0.3 is 5.11 Å². The van der Waals surface area contributed by atoms with Crippen molar-refractivity contribution < 1.29 is 5.11 Å². The number of hydrogen-bond acceptors (Lipinski definition) is 4. The van der Waals surface area contributed by atoms with Crippen molar-refractivity contribution in [3.8, 4) is 0 Å². The number of likely N-dealkylation sites (tertiary alicyclic amines) is 1. The zero-order valence-electron chi connectivity index (χ0n) is 10.9. The third kappa shape index (κ3) is 2.33. The van der Waals surface area contributed by atoms with Crippen LogP contribution in [-0.2, 0) is 5.54 Å². The predicted octanol–water partition coefficient (Wildman–Crippen LogP) is 1.40. The van der Waals surface area contributed by atoms with E-state index in [-0.39, 0.29) is 12.1 Å². The Hall–Kier alpha value is -1.00. The van der Waals surface area contributed by atoms with Crippen LogP contribution in [-0.4, -0.2) is 39.7 Å². The molecule has 2 rings (SSSR count). The summed E-state index contributed by atoms with van der Waals surface area (Å²) in [5.74, 6) is 0.904. The van der Waals surface area contributed by atoms with Crippen molar-refractivity contribution in [1.82, 2.24) is 14.9 Å². The molecule has 1 fully saturated rings. The lowest BCUT2D eigenvalue weighted by Gasteiger charge is -2.33. The molecule has 1 saturated heterocycles. The van der Waals surface area contributed by atoms with Crippen molar-refractivity contribution in [2.24, 2.45) is 0 Å². The topological polar surface area (TPSA) is 49.2 Å². The van der Waals surface area contributed by atoms with Crippen LogP contribution >= 0.6 is 0 Å². The summed E-state index contributed by atoms with van der Waals surface area (Å²) in [5, 5.41) is 9.13. The van der Waals surface area contributed by atoms with Crippen LogP contribution in [0.25, 0.3) is 0 Å². The monoisotopic (exact) mass is 235 g/mol. The molecule has 94 valence electrons. The number of nitrogens with zero attached hydrogens (tertiary/aromatic N) is 3. The average molecular weight is 235 g/mol. The van der Waals surface area contributed by atoms with Crippen molar-refractivity contribution in [2.45, 2.75) is 39.2 Å². The van der Waals surface area contributed by atoms with Gasteiger partial charge in [-0.15, -0.1) is 0 Å². The lowest BCUT2D eigenvalue weighted by molar-refractivity contribution is 0.114. The molecule has 1 N–H and O–H groups in total. The minimum absolute atomic E-state index is 0.112. The Balaban J connectivity index is 2.35. The summed E-state index contributed by atoms with van der Waals surface area (Å²) < 4.78 is 0. The molecule has 0 bridgehead atoms. The first-order valence-corrected chi connectivity index (χ1v) is 6.25. The molecule has 4 nitrogen and oxygen atoms in total. The van der Waals surface area contributed by atoms with E-state index in [0.29, 0.717) is 6.54 Å². The number of aliphatic hydroxyl groups excluding tert-OH is 1. The summed E-state index contributed by atoms with van der Waals surface area (Å²) in [7, 11) is 0. The van der Waals surface area contributed by atoms with Gasteiger partial charge in [0.2, 0.25) is 0 Å². The third-order valence-electron chi connectivity index (χ3n) is 3.62. The largest absolute Gasteiger partial charge is 0.395 e. The van der Waals surface area contributed by atoms with E-state index in [9.17, 15) is 0 Å². The molecule has 1 aliphatic heterocycles. The molecule has 1 atom stereocenters. The predicted molar refractivity (Wildman–Crippen MR) is 66.8 cm³/mol. The normalized spacial score (nSPS) is 25.4. The second kappa shape index (κ2) is 4.70. The zero-order valence-corrected chi connectivity index (χ0v) is 10.9. The van der Waals surface area contributed by atoms with Gasteiger partial charge >= 0.3 is 0 Å². The maximum absolute atomic E-state index is 9.13. The van der Waals surface area contributed by atoms with Gasteiger partial charge in [0.25, 0.3) is 0 Å². The Morgan fingerprint density at radius 2 is 2.00 bits per heavy atom. The molecule has 2 heterocycles. The molecule has 1 aliphatic rings. The van der Waals surface area contributed by atoms with Crippen LogP contribution < -0.4 is 0 Å². The molecule has 4 heteroatoms. The van der Waals surface area contributed by atoms with E-state index in [1.807, 2.05) is 19.9 Å². The number of aryl methyl sites for hydroxylation is 2. The summed E-state index contributed by atoms with van der Waals surface area (Å²) >= 11 is 0. The summed E-state index contributed by atoms with van der Waals surface area (Å²) in [4.78, 5) is 11.5. The summed E-state index contributed by atoms with van der Waals surface area (Å²) in [5.41, 5.74) is 1.92. The van der Waals surface area contributed by atoms with Gasteiger partial charge in [-0.05, 0) is 46.2 Å². The third-order valence-corrected chi connectivity index (χ3v) is 3.62. The van der Waals surface area contributed by atoms with Gasteiger partial charge in [0.1, 0.15) is 5.82 Å². The Morgan fingerprint density at radius 3 is 2.59 bits per heavy atom. The Bertz CT molecular complexity index is 387. The quantitative estimate of drug-likeness (QED) is 0.860. The first-order valence-electron chi connectivity index (χ1n) is 6.25. The molecule has 0 saturated carbocycles. The Morgan fingerprint density at radius 1 is 1.35 bits per heavy atom. The molecule has 1 aromatic rings. The second-order valence-corrected chi connectivity index (χ2v) is 5.06. The average Bonchev–Trinajstić information content (AvgIpc) is 2.61. The summed E-state index contributed by atoms with van der Waals surface area (Å²) in [6, 6.07) is 2.00. The highest BCUT2D eigenvalue weighted by molar-refractivity contribution is 5.15. The van der Waals surface area contributed by atoms with Gasteiger partial charge in [-0.2, -0.15) is 0 Å². The van der Waals surface area contributed by atoms with Crippen LogP contribution in [0.4, 0.5) is 0 Å². The van der Waals surface area contributed by atoms with Crippen LogP contribution in [0.5, 0.6) is 0 Å². The number of β-amino-alcohol motifs (C(OH)–C–C–N with tert-alkyl or cyclic N) is 1. The summed E-state index contributed by atoms with van der Waals surface area (Å²) in [6.07, 6.45) is 2.21. The highest BCUT2D eigenvalue weighted by Gasteiger charge is 2.40. The van der Waals surface area contributed by atoms with Crippen molar-refractivity contribution in [2.75, 3.05) is 19.7 Å². The van der Waals surface area contributed by atoms with Crippen molar-refractivity contribution in [3.63, 3.8) is 0 Å². The van der Waals surface area contributed by atoms with Gasteiger partial charge in [0, 0.05) is 17.9 Å². The molecule has 0 aliphatic carbocycles. The molecular weight excluding hydrogens is 214 g/mol. The van der Waals surface area contributed by atoms with Gasteiger partial charge in [-0.25, -0.2) is 9.97 Å². The molecule has 17 heavy (non-hydrogen) atoms. The fourth-order valence-corrected chi connectivity index (χ4v) is 2.72. The fourth-order valence-electron chi connectivity index (χ4n) is 2.72. The van der Waals surface area contributed by atoms with Gasteiger partial charge in [-0.1, -0.05) is 0 Å². The molecule has 0 radical (unpaired) electrons. The molecule has 0 amide bonds. The number of aromatic nitrogens is 2. The Labute approximate surface area is 103 Å². The van der Waals surface area contributed by atoms with E-state index in [2.05, 4.69) is 21.8 Å². The second-order valence-electron chi connectivity index (χ2n) is 5.06. The van der Waals surface area contributed by atoms with E-state index in [0.717, 1.165) is 36.6 Å². The zero-order chi connectivity index (χ0) is 12.5. The van der Waals surface area contributed by atoms with Gasteiger partial charge in [0.05, 0.1) is 12.1 Å². The highest BCUT2D eigenvalue weighted by atomic mass is 16.3. The molecule has 0 unspecified atom stereocenters. The lowest BCUT2D eigenvalue weighted by atomic mass is 9.97. The SMILES string of the molecule is Cc1cc(C)nc([C@@]2(C)CCCN2CCO)n1. The van der Waals surface area contributed by atoms with E-state index in [1.54, 1.807) is 0 Å².